The van der Waals surface area contributed by atoms with E-state index in [1.807, 2.05) is 32.6 Å². The molecule has 7 nitrogen and oxygen atoms in total. The zero-order valence-corrected chi connectivity index (χ0v) is 23.2. The number of hydrogen-bond acceptors (Lipinski definition) is 6. The fourth-order valence-electron chi connectivity index (χ4n) is 5.55. The summed E-state index contributed by atoms with van der Waals surface area (Å²) in [4.78, 5) is 35.0. The molecule has 36 heavy (non-hydrogen) atoms. The number of aryl methyl sites for hydroxylation is 2. The molecule has 196 valence electrons. The molecule has 0 unspecified atom stereocenters. The monoisotopic (exact) mass is 511 g/mol. The molecule has 0 spiro atoms. The molecule has 2 fully saturated rings. The number of thiophene rings is 1. The van der Waals surface area contributed by atoms with Crippen LogP contribution < -0.4 is 10.6 Å². The van der Waals surface area contributed by atoms with Crippen molar-refractivity contribution in [3.8, 4) is 0 Å². The molecule has 0 bridgehead atoms. The van der Waals surface area contributed by atoms with Gasteiger partial charge >= 0.3 is 0 Å². The first-order valence-corrected chi connectivity index (χ1v) is 14.2. The van der Waals surface area contributed by atoms with Gasteiger partial charge < -0.3 is 15.5 Å². The number of carbonyl (C=O) groups is 2. The Bertz CT molecular complexity index is 1030. The zero-order valence-electron chi connectivity index (χ0n) is 22.4. The maximum absolute atomic E-state index is 13.5. The lowest BCUT2D eigenvalue weighted by atomic mass is 9.85. The molecule has 4 rings (SSSR count). The van der Waals surface area contributed by atoms with E-state index in [0.717, 1.165) is 51.1 Å². The molecule has 2 amide bonds. The summed E-state index contributed by atoms with van der Waals surface area (Å²) in [5, 5.41) is 11.0. The summed E-state index contributed by atoms with van der Waals surface area (Å²) < 4.78 is 0. The number of nitrogens with one attached hydrogen (secondary N) is 2. The number of amides is 2. The molecule has 0 aromatic carbocycles. The van der Waals surface area contributed by atoms with E-state index in [2.05, 4.69) is 44.3 Å². The second-order valence-corrected chi connectivity index (χ2v) is 11.8. The lowest BCUT2D eigenvalue weighted by molar-refractivity contribution is 0.0153. The molecule has 0 radical (unpaired) electrons. The minimum Gasteiger partial charge on any atom is -0.349 e. The van der Waals surface area contributed by atoms with Gasteiger partial charge in [-0.1, -0.05) is 0 Å². The number of likely N-dealkylation sites (tertiary alicyclic amines) is 2. The van der Waals surface area contributed by atoms with E-state index in [4.69, 9.17) is 0 Å². The van der Waals surface area contributed by atoms with Gasteiger partial charge in [-0.2, -0.15) is 11.3 Å². The first kappa shape index (κ1) is 26.8. The van der Waals surface area contributed by atoms with Crippen molar-refractivity contribution < 1.29 is 9.59 Å². The summed E-state index contributed by atoms with van der Waals surface area (Å²) >= 11 is 1.75. The number of nitrogens with zero attached hydrogens (tertiary/aromatic N) is 3. The molecule has 0 atom stereocenters. The molecule has 4 heterocycles. The Labute approximate surface area is 219 Å². The molecule has 0 saturated carbocycles. The highest BCUT2D eigenvalue weighted by Gasteiger charge is 2.39. The predicted molar refractivity (Wildman–Crippen MR) is 146 cm³/mol. The van der Waals surface area contributed by atoms with E-state index >= 15 is 0 Å². The van der Waals surface area contributed by atoms with Crippen LogP contribution in [0.25, 0.3) is 0 Å². The van der Waals surface area contributed by atoms with Gasteiger partial charge in [0, 0.05) is 50.3 Å². The van der Waals surface area contributed by atoms with Gasteiger partial charge in [-0.25, -0.2) is 4.98 Å². The Hall–Kier alpha value is -2.29. The van der Waals surface area contributed by atoms with Crippen LogP contribution in [0.4, 0.5) is 0 Å². The Morgan fingerprint density at radius 2 is 1.86 bits per heavy atom. The van der Waals surface area contributed by atoms with Crippen LogP contribution in [0.2, 0.25) is 0 Å². The maximum atomic E-state index is 13.5. The van der Waals surface area contributed by atoms with Gasteiger partial charge in [0.05, 0.1) is 11.3 Å². The third kappa shape index (κ3) is 6.15. The molecule has 8 heteroatoms. The van der Waals surface area contributed by atoms with Crippen LogP contribution >= 0.6 is 11.3 Å². The van der Waals surface area contributed by atoms with Crippen LogP contribution in [-0.2, 0) is 6.54 Å². The Balaban J connectivity index is 1.31. The van der Waals surface area contributed by atoms with Crippen molar-refractivity contribution >= 4 is 23.2 Å². The molecule has 2 aromatic rings. The van der Waals surface area contributed by atoms with E-state index in [0.29, 0.717) is 23.0 Å². The Morgan fingerprint density at radius 3 is 2.44 bits per heavy atom. The topological polar surface area (TPSA) is 77.6 Å². The first-order valence-electron chi connectivity index (χ1n) is 13.2. The van der Waals surface area contributed by atoms with E-state index < -0.39 is 0 Å². The minimum absolute atomic E-state index is 0.0340. The molecule has 0 aliphatic carbocycles. The molecular weight excluding hydrogens is 470 g/mol. The minimum atomic E-state index is -0.200. The van der Waals surface area contributed by atoms with Crippen molar-refractivity contribution in [1.29, 1.82) is 0 Å². The molecular formula is C28H41N5O2S. The van der Waals surface area contributed by atoms with Crippen LogP contribution in [0, 0.1) is 13.8 Å². The lowest BCUT2D eigenvalue weighted by Crippen LogP contribution is -2.57. The average molecular weight is 512 g/mol. The lowest BCUT2D eigenvalue weighted by Gasteiger charge is -2.49. The van der Waals surface area contributed by atoms with Crippen molar-refractivity contribution in [1.82, 2.24) is 25.4 Å². The van der Waals surface area contributed by atoms with Crippen molar-refractivity contribution in [2.45, 2.75) is 84.5 Å². The predicted octanol–water partition coefficient (Wildman–Crippen LogP) is 4.15. The number of piperidine rings is 2. The summed E-state index contributed by atoms with van der Waals surface area (Å²) in [5.41, 5.74) is 3.95. The zero-order chi connectivity index (χ0) is 25.9. The third-order valence-electron chi connectivity index (χ3n) is 7.82. The Morgan fingerprint density at radius 1 is 1.17 bits per heavy atom. The van der Waals surface area contributed by atoms with E-state index in [9.17, 15) is 9.59 Å². The van der Waals surface area contributed by atoms with Crippen LogP contribution in [0.15, 0.2) is 22.9 Å². The van der Waals surface area contributed by atoms with Gasteiger partial charge in [0.2, 0.25) is 0 Å². The second-order valence-electron chi connectivity index (χ2n) is 11.0. The average Bonchev–Trinajstić information content (AvgIpc) is 3.36. The highest BCUT2D eigenvalue weighted by molar-refractivity contribution is 7.07. The molecule has 2 saturated heterocycles. The standard InChI is InChI=1S/C28H41N5O2S/c1-19(2)30-26(34)24-16-20(3)25(21(4)31-24)27(35)32-13-9-28(5,10-14-32)33-11-6-23(7-12-33)29-17-22-8-15-36-18-22/h8,15-16,18-19,23,29H,6-7,9-14,17H2,1-5H3,(H,30,34). The van der Waals surface area contributed by atoms with Crippen molar-refractivity contribution in [3.05, 3.63) is 51.0 Å². The summed E-state index contributed by atoms with van der Waals surface area (Å²) in [7, 11) is 0. The van der Waals surface area contributed by atoms with Gasteiger partial charge in [-0.3, -0.25) is 14.5 Å². The number of hydrogen-bond donors (Lipinski definition) is 2. The van der Waals surface area contributed by atoms with Crippen molar-refractivity contribution in [2.24, 2.45) is 0 Å². The number of aromatic nitrogens is 1. The molecule has 2 N–H and O–H groups in total. The van der Waals surface area contributed by atoms with Gasteiger partial charge in [0.15, 0.2) is 0 Å². The van der Waals surface area contributed by atoms with Crippen LogP contribution in [0.5, 0.6) is 0 Å². The smallest absolute Gasteiger partial charge is 0.270 e. The molecule has 2 aromatic heterocycles. The summed E-state index contributed by atoms with van der Waals surface area (Å²) in [6.07, 6.45) is 4.30. The fraction of sp³-hybridized carbons (Fsp3) is 0.607. The first-order chi connectivity index (χ1) is 17.2. The van der Waals surface area contributed by atoms with Gasteiger partial charge in [-0.15, -0.1) is 0 Å². The Kier molecular flexibility index (Phi) is 8.48. The van der Waals surface area contributed by atoms with Crippen LogP contribution in [0.1, 0.15) is 84.1 Å². The summed E-state index contributed by atoms with van der Waals surface area (Å²) in [6, 6.07) is 4.55. The van der Waals surface area contributed by atoms with Crippen molar-refractivity contribution in [3.63, 3.8) is 0 Å². The van der Waals surface area contributed by atoms with E-state index in [1.54, 1.807) is 17.4 Å². The number of pyridine rings is 1. The summed E-state index contributed by atoms with van der Waals surface area (Å²) in [5.74, 6) is -0.166. The van der Waals surface area contributed by atoms with Crippen molar-refractivity contribution in [2.75, 3.05) is 26.2 Å². The molecule has 2 aliphatic rings. The number of rotatable bonds is 7. The highest BCUT2D eigenvalue weighted by Crippen LogP contribution is 2.32. The quantitative estimate of drug-likeness (QED) is 0.584. The largest absolute Gasteiger partial charge is 0.349 e. The SMILES string of the molecule is Cc1cc(C(=O)NC(C)C)nc(C)c1C(=O)N1CCC(C)(N2CCC(NCc3ccsc3)CC2)CC1. The van der Waals surface area contributed by atoms with Crippen LogP contribution in [-0.4, -0.2) is 70.4 Å². The van der Waals surface area contributed by atoms with E-state index in [-0.39, 0.29) is 23.4 Å². The van der Waals surface area contributed by atoms with Crippen LogP contribution in [0.3, 0.4) is 0 Å². The maximum Gasteiger partial charge on any atom is 0.270 e. The van der Waals surface area contributed by atoms with Gasteiger partial charge in [-0.05, 0) is 94.3 Å². The number of carbonyl (C=O) groups excluding carboxylic acids is 2. The highest BCUT2D eigenvalue weighted by atomic mass is 32.1. The third-order valence-corrected chi connectivity index (χ3v) is 8.56. The van der Waals surface area contributed by atoms with Gasteiger partial charge in [0.25, 0.3) is 11.8 Å². The molecule has 2 aliphatic heterocycles. The normalized spacial score (nSPS) is 19.0. The van der Waals surface area contributed by atoms with E-state index in [1.165, 1.54) is 18.4 Å². The fourth-order valence-corrected chi connectivity index (χ4v) is 6.22. The second kappa shape index (κ2) is 11.4. The summed E-state index contributed by atoms with van der Waals surface area (Å²) in [6.45, 7) is 14.6. The van der Waals surface area contributed by atoms with Gasteiger partial charge in [0.1, 0.15) is 5.69 Å².